The fourth-order valence-corrected chi connectivity index (χ4v) is 2.37. The number of anilines is 1. The normalized spacial score (nSPS) is 9.90. The van der Waals surface area contributed by atoms with Crippen LogP contribution in [0.4, 0.5) is 5.95 Å². The third-order valence-electron chi connectivity index (χ3n) is 1.99. The summed E-state index contributed by atoms with van der Waals surface area (Å²) in [7, 11) is 0. The Morgan fingerprint density at radius 2 is 1.90 bits per heavy atom. The van der Waals surface area contributed by atoms with Crippen LogP contribution in [-0.2, 0) is 0 Å². The highest BCUT2D eigenvalue weighted by Crippen LogP contribution is 2.32. The van der Waals surface area contributed by atoms with E-state index in [1.807, 2.05) is 0 Å². The van der Waals surface area contributed by atoms with Gasteiger partial charge in [0.2, 0.25) is 0 Å². The number of aromatic hydroxyl groups is 1. The first kappa shape index (κ1) is 19.0. The van der Waals surface area contributed by atoms with Crippen molar-refractivity contribution < 1.29 is 5.11 Å². The molecule has 110 valence electrons. The number of benzene rings is 1. The monoisotopic (exact) mass is 446 g/mol. The van der Waals surface area contributed by atoms with Crippen LogP contribution in [0.5, 0.6) is 5.75 Å². The maximum atomic E-state index is 9.55. The number of phenols is 1. The Kier molecular flexibility index (Phi) is 7.87. The molecule has 0 radical (unpaired) electrons. The Labute approximate surface area is 143 Å². The lowest BCUT2D eigenvalue weighted by molar-refractivity contribution is 0.468. The molecule has 1 aromatic carbocycles. The number of hydrogen-bond acceptors (Lipinski definition) is 6. The van der Waals surface area contributed by atoms with E-state index in [1.54, 1.807) is 18.3 Å². The zero-order valence-corrected chi connectivity index (χ0v) is 14.5. The summed E-state index contributed by atoms with van der Waals surface area (Å²) in [5.41, 5.74) is 3.42. The summed E-state index contributed by atoms with van der Waals surface area (Å²) in [5, 5.41) is 20.8. The van der Waals surface area contributed by atoms with E-state index in [9.17, 15) is 5.11 Å². The second-order valence-corrected chi connectivity index (χ2v) is 4.97. The van der Waals surface area contributed by atoms with Crippen molar-refractivity contribution in [1.82, 2.24) is 14.9 Å². The fraction of sp³-hybridized carbons (Fsp3) is 0. The first-order chi connectivity index (χ1) is 8.58. The van der Waals surface area contributed by atoms with Crippen LogP contribution < -0.4 is 11.3 Å². The van der Waals surface area contributed by atoms with Crippen LogP contribution in [-0.4, -0.2) is 26.2 Å². The largest absolute Gasteiger partial charge is 0.506 e. The van der Waals surface area contributed by atoms with Crippen molar-refractivity contribution >= 4 is 68.8 Å². The fourth-order valence-electron chi connectivity index (χ4n) is 1.15. The minimum atomic E-state index is 0. The molecule has 0 unspecified atom stereocenters. The van der Waals surface area contributed by atoms with E-state index in [0.717, 1.165) is 5.56 Å². The van der Waals surface area contributed by atoms with Crippen LogP contribution in [0.15, 0.2) is 32.5 Å². The SMILES string of the molecule is Cl.Cl.Nn1cnnc1NN=Cc1cc(Br)c(O)c(Br)c1. The Morgan fingerprint density at radius 3 is 2.40 bits per heavy atom. The molecule has 0 amide bonds. The van der Waals surface area contributed by atoms with Gasteiger partial charge in [-0.3, -0.25) is 0 Å². The van der Waals surface area contributed by atoms with Crippen molar-refractivity contribution in [2.24, 2.45) is 5.10 Å². The van der Waals surface area contributed by atoms with Crippen LogP contribution in [0.2, 0.25) is 0 Å². The predicted octanol–water partition coefficient (Wildman–Crippen LogP) is 2.51. The van der Waals surface area contributed by atoms with E-state index in [1.165, 1.54) is 11.0 Å². The van der Waals surface area contributed by atoms with E-state index < -0.39 is 0 Å². The summed E-state index contributed by atoms with van der Waals surface area (Å²) >= 11 is 6.46. The predicted molar refractivity (Wildman–Crippen MR) is 89.4 cm³/mol. The molecule has 11 heteroatoms. The second-order valence-electron chi connectivity index (χ2n) is 3.26. The quantitative estimate of drug-likeness (QED) is 0.380. The smallest absolute Gasteiger partial charge is 0.263 e. The van der Waals surface area contributed by atoms with Gasteiger partial charge < -0.3 is 10.9 Å². The molecule has 0 fully saturated rings. The number of phenolic OH excluding ortho intramolecular Hbond substituents is 1. The molecule has 2 rings (SSSR count). The van der Waals surface area contributed by atoms with E-state index >= 15 is 0 Å². The molecule has 0 saturated heterocycles. The molecule has 4 N–H and O–H groups in total. The number of nitrogens with two attached hydrogens (primary N) is 1. The summed E-state index contributed by atoms with van der Waals surface area (Å²) in [6.45, 7) is 0. The van der Waals surface area contributed by atoms with Crippen molar-refractivity contribution in [3.63, 3.8) is 0 Å². The topological polar surface area (TPSA) is 101 Å². The standard InChI is InChI=1S/C9H8Br2N6O.2ClH/c10-6-1-5(2-7(11)8(6)18)3-13-15-9-16-14-4-17(9)12;;/h1-4,18H,12H2,(H,15,16);2*1H. The molecule has 0 saturated carbocycles. The molecule has 0 spiro atoms. The van der Waals surface area contributed by atoms with Gasteiger partial charge in [-0.05, 0) is 49.6 Å². The maximum absolute atomic E-state index is 9.55. The molecule has 0 bridgehead atoms. The molecule has 0 aliphatic rings. The van der Waals surface area contributed by atoms with Gasteiger partial charge in [0.1, 0.15) is 12.1 Å². The lowest BCUT2D eigenvalue weighted by Gasteiger charge is -2.02. The highest BCUT2D eigenvalue weighted by Gasteiger charge is 2.04. The van der Waals surface area contributed by atoms with Crippen molar-refractivity contribution in [3.8, 4) is 5.75 Å². The average Bonchev–Trinajstić information content (AvgIpc) is 2.72. The summed E-state index contributed by atoms with van der Waals surface area (Å²) in [5.74, 6) is 5.96. The number of nitrogens with zero attached hydrogens (tertiary/aromatic N) is 4. The van der Waals surface area contributed by atoms with Crippen molar-refractivity contribution in [2.75, 3.05) is 11.3 Å². The van der Waals surface area contributed by atoms with Crippen LogP contribution in [0.3, 0.4) is 0 Å². The highest BCUT2D eigenvalue weighted by atomic mass is 79.9. The Morgan fingerprint density at radius 1 is 1.30 bits per heavy atom. The van der Waals surface area contributed by atoms with Crippen LogP contribution in [0.25, 0.3) is 0 Å². The third kappa shape index (κ3) is 4.51. The maximum Gasteiger partial charge on any atom is 0.263 e. The van der Waals surface area contributed by atoms with Gasteiger partial charge in [-0.1, -0.05) is 0 Å². The van der Waals surface area contributed by atoms with Crippen molar-refractivity contribution in [1.29, 1.82) is 0 Å². The number of nitrogen functional groups attached to an aromatic ring is 1. The first-order valence-electron chi connectivity index (χ1n) is 4.70. The van der Waals surface area contributed by atoms with Gasteiger partial charge in [0.15, 0.2) is 0 Å². The van der Waals surface area contributed by atoms with Gasteiger partial charge in [-0.15, -0.1) is 35.0 Å². The number of nitrogens with one attached hydrogen (secondary N) is 1. The van der Waals surface area contributed by atoms with Gasteiger partial charge in [0.25, 0.3) is 5.95 Å². The van der Waals surface area contributed by atoms with Gasteiger partial charge in [-0.25, -0.2) is 10.1 Å². The van der Waals surface area contributed by atoms with E-state index in [-0.39, 0.29) is 30.6 Å². The molecular weight excluding hydrogens is 439 g/mol. The zero-order chi connectivity index (χ0) is 13.1. The number of hydrogen-bond donors (Lipinski definition) is 3. The second kappa shape index (κ2) is 8.30. The molecule has 0 atom stereocenters. The minimum absolute atomic E-state index is 0. The molecular formula is C9H10Br2Cl2N6O. The van der Waals surface area contributed by atoms with E-state index in [0.29, 0.717) is 14.9 Å². The molecule has 20 heavy (non-hydrogen) atoms. The molecule has 1 heterocycles. The number of halogens is 4. The van der Waals surface area contributed by atoms with Gasteiger partial charge in [0, 0.05) is 0 Å². The van der Waals surface area contributed by atoms with Crippen molar-refractivity contribution in [2.45, 2.75) is 0 Å². The summed E-state index contributed by atoms with van der Waals surface area (Å²) in [4.78, 5) is 0. The van der Waals surface area contributed by atoms with Crippen LogP contribution in [0, 0.1) is 0 Å². The number of hydrazone groups is 1. The van der Waals surface area contributed by atoms with Crippen LogP contribution in [0.1, 0.15) is 5.56 Å². The summed E-state index contributed by atoms with van der Waals surface area (Å²) in [6, 6.07) is 3.44. The minimum Gasteiger partial charge on any atom is -0.506 e. The van der Waals surface area contributed by atoms with E-state index in [2.05, 4.69) is 52.6 Å². The molecule has 2 aromatic rings. The summed E-state index contributed by atoms with van der Waals surface area (Å²) < 4.78 is 2.35. The molecule has 1 aromatic heterocycles. The van der Waals surface area contributed by atoms with Gasteiger partial charge >= 0.3 is 0 Å². The Balaban J connectivity index is 0.00000180. The van der Waals surface area contributed by atoms with E-state index in [4.69, 9.17) is 5.84 Å². The Hall–Kier alpha value is -1.03. The molecule has 7 nitrogen and oxygen atoms in total. The average molecular weight is 449 g/mol. The zero-order valence-electron chi connectivity index (χ0n) is 9.70. The number of aromatic nitrogens is 3. The molecule has 0 aliphatic carbocycles. The lowest BCUT2D eigenvalue weighted by Crippen LogP contribution is -2.10. The van der Waals surface area contributed by atoms with Crippen molar-refractivity contribution in [3.05, 3.63) is 33.0 Å². The number of rotatable bonds is 3. The van der Waals surface area contributed by atoms with Gasteiger partial charge in [-0.2, -0.15) is 5.10 Å². The third-order valence-corrected chi connectivity index (χ3v) is 3.20. The lowest BCUT2D eigenvalue weighted by atomic mass is 10.2. The first-order valence-corrected chi connectivity index (χ1v) is 6.28. The Bertz CT molecular complexity index is 583. The van der Waals surface area contributed by atoms with Gasteiger partial charge in [0.05, 0.1) is 15.2 Å². The molecule has 0 aliphatic heterocycles. The highest BCUT2D eigenvalue weighted by molar-refractivity contribution is 9.11. The summed E-state index contributed by atoms with van der Waals surface area (Å²) in [6.07, 6.45) is 2.91. The van der Waals surface area contributed by atoms with Crippen LogP contribution >= 0.6 is 56.7 Å².